The molecule has 0 bridgehead atoms. The number of amides is 2. The molecule has 0 radical (unpaired) electrons. The predicted molar refractivity (Wildman–Crippen MR) is 120 cm³/mol. The van der Waals surface area contributed by atoms with Gasteiger partial charge in [-0.05, 0) is 31.2 Å². The summed E-state index contributed by atoms with van der Waals surface area (Å²) in [5, 5.41) is 14.2. The van der Waals surface area contributed by atoms with Gasteiger partial charge >= 0.3 is 5.97 Å². The maximum absolute atomic E-state index is 12.4. The van der Waals surface area contributed by atoms with E-state index in [0.717, 1.165) is 5.56 Å². The van der Waals surface area contributed by atoms with Crippen molar-refractivity contribution < 1.29 is 19.1 Å². The Balaban J connectivity index is 1.55. The van der Waals surface area contributed by atoms with Gasteiger partial charge in [0.1, 0.15) is 0 Å². The highest BCUT2D eigenvalue weighted by Crippen LogP contribution is 2.19. The van der Waals surface area contributed by atoms with E-state index in [0.29, 0.717) is 22.2 Å². The lowest BCUT2D eigenvalue weighted by Crippen LogP contribution is -2.24. The van der Waals surface area contributed by atoms with Crippen molar-refractivity contribution in [3.63, 3.8) is 0 Å². The zero-order valence-electron chi connectivity index (χ0n) is 17.9. The first-order valence-electron chi connectivity index (χ1n) is 9.72. The normalized spacial score (nSPS) is 10.5. The van der Waals surface area contributed by atoms with Crippen LogP contribution in [0.5, 0.6) is 0 Å². The molecule has 0 saturated carbocycles. The Morgan fingerprint density at radius 1 is 1.06 bits per heavy atom. The first kappa shape index (κ1) is 23.0. The standard InChI is InChI=1S/C22H23N5O4S/c1-14-8-10-15(11-9-14)20(29)23-12-18-25-26-22(27(18)2)32-13-19(28)24-17-7-5-4-6-16(17)21(30)31-3/h4-11H,12-13H2,1-3H3,(H,23,29)(H,24,28). The van der Waals surface area contributed by atoms with Crippen LogP contribution >= 0.6 is 11.8 Å². The van der Waals surface area contributed by atoms with E-state index >= 15 is 0 Å². The Labute approximate surface area is 189 Å². The molecule has 32 heavy (non-hydrogen) atoms. The summed E-state index contributed by atoms with van der Waals surface area (Å²) in [6, 6.07) is 13.9. The summed E-state index contributed by atoms with van der Waals surface area (Å²) in [6.45, 7) is 2.16. The lowest BCUT2D eigenvalue weighted by Gasteiger charge is -2.09. The van der Waals surface area contributed by atoms with Gasteiger partial charge in [0.25, 0.3) is 5.91 Å². The van der Waals surface area contributed by atoms with Crippen LogP contribution in [-0.4, -0.2) is 45.4 Å². The maximum atomic E-state index is 12.4. The zero-order chi connectivity index (χ0) is 23.1. The van der Waals surface area contributed by atoms with E-state index in [9.17, 15) is 14.4 Å². The van der Waals surface area contributed by atoms with Crippen molar-refractivity contribution in [3.05, 3.63) is 71.0 Å². The largest absolute Gasteiger partial charge is 0.465 e. The molecule has 0 spiro atoms. The number of thioether (sulfide) groups is 1. The van der Waals surface area contributed by atoms with Gasteiger partial charge in [-0.1, -0.05) is 41.6 Å². The Kier molecular flexibility index (Phi) is 7.61. The minimum Gasteiger partial charge on any atom is -0.465 e. The number of aryl methyl sites for hydroxylation is 1. The molecule has 0 unspecified atom stereocenters. The van der Waals surface area contributed by atoms with Crippen molar-refractivity contribution >= 4 is 35.2 Å². The minimum atomic E-state index is -0.529. The molecular weight excluding hydrogens is 430 g/mol. The van der Waals surface area contributed by atoms with E-state index in [1.54, 1.807) is 48.0 Å². The van der Waals surface area contributed by atoms with Crippen molar-refractivity contribution in [2.24, 2.45) is 7.05 Å². The predicted octanol–water partition coefficient (Wildman–Crippen LogP) is 2.57. The summed E-state index contributed by atoms with van der Waals surface area (Å²) < 4.78 is 6.45. The number of ether oxygens (including phenoxy) is 1. The molecule has 3 aromatic rings. The number of rotatable bonds is 8. The molecule has 3 rings (SSSR count). The molecule has 2 amide bonds. The molecule has 1 aromatic heterocycles. The fourth-order valence-corrected chi connectivity index (χ4v) is 3.52. The Hall–Kier alpha value is -3.66. The molecule has 10 heteroatoms. The van der Waals surface area contributed by atoms with Crippen molar-refractivity contribution in [1.29, 1.82) is 0 Å². The molecular formula is C22H23N5O4S. The van der Waals surface area contributed by atoms with Crippen molar-refractivity contribution in [2.45, 2.75) is 18.6 Å². The molecule has 1 heterocycles. The molecule has 0 fully saturated rings. The van der Waals surface area contributed by atoms with E-state index in [2.05, 4.69) is 20.8 Å². The van der Waals surface area contributed by atoms with E-state index < -0.39 is 5.97 Å². The number of carbonyl (C=O) groups excluding carboxylic acids is 3. The van der Waals surface area contributed by atoms with Gasteiger partial charge in [0, 0.05) is 12.6 Å². The third kappa shape index (κ3) is 5.73. The van der Waals surface area contributed by atoms with Crippen LogP contribution in [0.3, 0.4) is 0 Å². The van der Waals surface area contributed by atoms with Gasteiger partial charge in [-0.15, -0.1) is 10.2 Å². The molecule has 0 aliphatic carbocycles. The number of para-hydroxylation sites is 1. The van der Waals surface area contributed by atoms with Crippen LogP contribution < -0.4 is 10.6 Å². The van der Waals surface area contributed by atoms with Crippen molar-refractivity contribution in [2.75, 3.05) is 18.2 Å². The quantitative estimate of drug-likeness (QED) is 0.398. The van der Waals surface area contributed by atoms with Gasteiger partial charge in [-0.25, -0.2) is 4.79 Å². The lowest BCUT2D eigenvalue weighted by molar-refractivity contribution is -0.113. The second kappa shape index (κ2) is 10.6. The molecule has 0 atom stereocenters. The highest BCUT2D eigenvalue weighted by Gasteiger charge is 2.16. The number of aromatic nitrogens is 3. The van der Waals surface area contributed by atoms with Crippen LogP contribution in [0.25, 0.3) is 0 Å². The lowest BCUT2D eigenvalue weighted by atomic mass is 10.1. The summed E-state index contributed by atoms with van der Waals surface area (Å²) in [5.74, 6) is -0.407. The molecule has 0 aliphatic rings. The van der Waals surface area contributed by atoms with Crippen LogP contribution in [0.4, 0.5) is 5.69 Å². The number of carbonyl (C=O) groups is 3. The zero-order valence-corrected chi connectivity index (χ0v) is 18.7. The SMILES string of the molecule is COC(=O)c1ccccc1NC(=O)CSc1nnc(CNC(=O)c2ccc(C)cc2)n1C. The topological polar surface area (TPSA) is 115 Å². The Bertz CT molecular complexity index is 1130. The summed E-state index contributed by atoms with van der Waals surface area (Å²) in [6.07, 6.45) is 0. The Morgan fingerprint density at radius 2 is 1.78 bits per heavy atom. The number of hydrogen-bond acceptors (Lipinski definition) is 7. The minimum absolute atomic E-state index is 0.0667. The third-order valence-corrected chi connectivity index (χ3v) is 5.60. The van der Waals surface area contributed by atoms with Crippen molar-refractivity contribution in [3.8, 4) is 0 Å². The number of methoxy groups -OCH3 is 1. The molecule has 2 N–H and O–H groups in total. The maximum Gasteiger partial charge on any atom is 0.339 e. The molecule has 2 aromatic carbocycles. The number of esters is 1. The van der Waals surface area contributed by atoms with Crippen LogP contribution in [-0.2, 0) is 23.1 Å². The Morgan fingerprint density at radius 3 is 2.50 bits per heavy atom. The number of anilines is 1. The summed E-state index contributed by atoms with van der Waals surface area (Å²) in [5.41, 5.74) is 2.30. The molecule has 9 nitrogen and oxygen atoms in total. The van der Waals surface area contributed by atoms with E-state index in [-0.39, 0.29) is 29.7 Å². The van der Waals surface area contributed by atoms with Gasteiger partial charge in [0.2, 0.25) is 5.91 Å². The smallest absolute Gasteiger partial charge is 0.339 e. The first-order valence-corrected chi connectivity index (χ1v) is 10.7. The average Bonchev–Trinajstić information content (AvgIpc) is 3.15. The van der Waals surface area contributed by atoms with Crippen LogP contribution in [0.15, 0.2) is 53.7 Å². The van der Waals surface area contributed by atoms with Crippen LogP contribution in [0.1, 0.15) is 32.1 Å². The molecule has 166 valence electrons. The van der Waals surface area contributed by atoms with Gasteiger partial charge in [0.15, 0.2) is 11.0 Å². The van der Waals surface area contributed by atoms with Gasteiger partial charge in [0.05, 0.1) is 30.7 Å². The van der Waals surface area contributed by atoms with Crippen molar-refractivity contribution in [1.82, 2.24) is 20.1 Å². The number of nitrogens with one attached hydrogen (secondary N) is 2. The van der Waals surface area contributed by atoms with E-state index in [1.165, 1.54) is 18.9 Å². The number of nitrogens with zero attached hydrogens (tertiary/aromatic N) is 3. The fourth-order valence-electron chi connectivity index (χ4n) is 2.79. The van der Waals surface area contributed by atoms with Crippen LogP contribution in [0, 0.1) is 6.92 Å². The van der Waals surface area contributed by atoms with Gasteiger partial charge in [-0.2, -0.15) is 0 Å². The fraction of sp³-hybridized carbons (Fsp3) is 0.227. The molecule has 0 aliphatic heterocycles. The van der Waals surface area contributed by atoms with E-state index in [1.807, 2.05) is 19.1 Å². The first-order chi connectivity index (χ1) is 15.4. The summed E-state index contributed by atoms with van der Waals surface area (Å²) in [7, 11) is 3.05. The van der Waals surface area contributed by atoms with E-state index in [4.69, 9.17) is 4.74 Å². The van der Waals surface area contributed by atoms with Gasteiger partial charge < -0.3 is 19.9 Å². The monoisotopic (exact) mass is 453 g/mol. The number of benzene rings is 2. The molecule has 0 saturated heterocycles. The highest BCUT2D eigenvalue weighted by atomic mass is 32.2. The van der Waals surface area contributed by atoms with Crippen LogP contribution in [0.2, 0.25) is 0 Å². The van der Waals surface area contributed by atoms with Gasteiger partial charge in [-0.3, -0.25) is 9.59 Å². The second-order valence-corrected chi connectivity index (χ2v) is 7.82. The second-order valence-electron chi connectivity index (χ2n) is 6.88. The average molecular weight is 454 g/mol. The summed E-state index contributed by atoms with van der Waals surface area (Å²) >= 11 is 1.20. The third-order valence-electron chi connectivity index (χ3n) is 4.58. The number of hydrogen-bond donors (Lipinski definition) is 2. The highest BCUT2D eigenvalue weighted by molar-refractivity contribution is 7.99. The summed E-state index contributed by atoms with van der Waals surface area (Å²) in [4.78, 5) is 36.5.